The minimum Gasteiger partial charge on any atom is -0.325 e. The van der Waals surface area contributed by atoms with E-state index >= 15 is 0 Å². The highest BCUT2D eigenvalue weighted by Crippen LogP contribution is 2.30. The van der Waals surface area contributed by atoms with Crippen LogP contribution >= 0.6 is 0 Å². The van der Waals surface area contributed by atoms with E-state index in [0.717, 1.165) is 23.0 Å². The van der Waals surface area contributed by atoms with E-state index in [0.29, 0.717) is 16.8 Å². The smallest absolute Gasteiger partial charge is 0.325 e. The lowest BCUT2D eigenvalue weighted by Crippen LogP contribution is -2.28. The summed E-state index contributed by atoms with van der Waals surface area (Å²) in [4.78, 5) is 49.0. The number of Topliss-reactive ketones (excluding diaryl/α,β-unsaturated/α-hetero) is 1. The van der Waals surface area contributed by atoms with Gasteiger partial charge in [0.15, 0.2) is 17.3 Å². The number of nitrogens with one attached hydrogen (secondary N) is 1. The monoisotopic (exact) mass is 467 g/mol. The Morgan fingerprint density at radius 3 is 2.47 bits per heavy atom. The molecule has 4 rings (SSSR count). The van der Waals surface area contributed by atoms with Crippen molar-refractivity contribution in [1.29, 1.82) is 0 Å². The number of benzene rings is 2. The number of aromatic nitrogens is 4. The molecule has 0 saturated heterocycles. The Hall–Kier alpha value is -4.41. The molecule has 0 fully saturated rings. The molecule has 0 atom stereocenters. The predicted molar refractivity (Wildman–Crippen MR) is 117 cm³/mol. The van der Waals surface area contributed by atoms with Crippen LogP contribution in [0.1, 0.15) is 22.8 Å². The molecule has 1 N–H and O–H groups in total. The summed E-state index contributed by atoms with van der Waals surface area (Å²) in [5.41, 5.74) is -0.151. The fourth-order valence-electron chi connectivity index (χ4n) is 3.18. The number of carbonyl (C=O) groups is 2. The van der Waals surface area contributed by atoms with Crippen LogP contribution in [0, 0.1) is 0 Å². The molecule has 172 valence electrons. The van der Waals surface area contributed by atoms with Crippen molar-refractivity contribution in [3.63, 3.8) is 0 Å². The number of alkyl halides is 3. The molecule has 0 aliphatic heterocycles. The number of anilines is 1. The summed E-state index contributed by atoms with van der Waals surface area (Å²) in [6.45, 7) is 1.07. The topological polar surface area (TPSA) is 107 Å². The molecular weight excluding hydrogens is 451 g/mol. The van der Waals surface area contributed by atoms with Crippen LogP contribution in [0.2, 0.25) is 0 Å². The first-order valence-corrected chi connectivity index (χ1v) is 9.92. The number of fused-ring (bicyclic) bond motifs is 1. The number of amides is 1. The van der Waals surface area contributed by atoms with E-state index < -0.39 is 23.2 Å². The number of nitrogens with zero attached hydrogens (tertiary/aromatic N) is 4. The second-order valence-corrected chi connectivity index (χ2v) is 7.37. The molecular formula is C23H16F3N5O3. The van der Waals surface area contributed by atoms with Crippen molar-refractivity contribution in [2.45, 2.75) is 19.6 Å². The Bertz CT molecular complexity index is 1460. The summed E-state index contributed by atoms with van der Waals surface area (Å²) >= 11 is 0. The Balaban J connectivity index is 1.55. The number of ketones is 1. The standard InChI is InChI=1S/C23H16F3N5O3/c1-13(32)15-3-2-4-17(9-15)29-19(33)11-31-12-28-21-18(22(31)34)10-27-20(30-21)14-5-7-16(8-6-14)23(24,25)26/h2-10,12H,11H2,1H3,(H,29,33). The van der Waals surface area contributed by atoms with Gasteiger partial charge in [-0.3, -0.25) is 19.0 Å². The first-order valence-electron chi connectivity index (χ1n) is 9.92. The lowest BCUT2D eigenvalue weighted by molar-refractivity contribution is -0.137. The molecule has 0 radical (unpaired) electrons. The summed E-state index contributed by atoms with van der Waals surface area (Å²) in [5, 5.41) is 2.66. The number of halogens is 3. The van der Waals surface area contributed by atoms with Crippen molar-refractivity contribution in [1.82, 2.24) is 19.5 Å². The fraction of sp³-hybridized carbons (Fsp3) is 0.130. The van der Waals surface area contributed by atoms with Crippen molar-refractivity contribution in [3.05, 3.63) is 82.5 Å². The molecule has 0 spiro atoms. The minimum atomic E-state index is -4.46. The highest BCUT2D eigenvalue weighted by molar-refractivity contribution is 5.97. The maximum absolute atomic E-state index is 12.8. The average Bonchev–Trinajstić information content (AvgIpc) is 2.80. The van der Waals surface area contributed by atoms with Gasteiger partial charge in [-0.25, -0.2) is 15.0 Å². The molecule has 1 amide bonds. The molecule has 8 nitrogen and oxygen atoms in total. The molecule has 0 unspecified atom stereocenters. The van der Waals surface area contributed by atoms with Crippen LogP contribution in [0.5, 0.6) is 0 Å². The molecule has 2 aromatic carbocycles. The van der Waals surface area contributed by atoms with Gasteiger partial charge in [0.2, 0.25) is 5.91 Å². The van der Waals surface area contributed by atoms with E-state index in [1.165, 1.54) is 31.3 Å². The van der Waals surface area contributed by atoms with E-state index in [4.69, 9.17) is 0 Å². The van der Waals surface area contributed by atoms with Gasteiger partial charge in [-0.15, -0.1) is 0 Å². The fourth-order valence-corrected chi connectivity index (χ4v) is 3.18. The normalized spacial score (nSPS) is 11.4. The van der Waals surface area contributed by atoms with E-state index in [9.17, 15) is 27.6 Å². The second kappa shape index (κ2) is 8.85. The van der Waals surface area contributed by atoms with Crippen LogP contribution in [0.3, 0.4) is 0 Å². The van der Waals surface area contributed by atoms with Gasteiger partial charge in [-0.1, -0.05) is 24.3 Å². The second-order valence-electron chi connectivity index (χ2n) is 7.37. The average molecular weight is 467 g/mol. The van der Waals surface area contributed by atoms with Gasteiger partial charge in [0, 0.05) is 23.0 Å². The van der Waals surface area contributed by atoms with E-state index in [2.05, 4.69) is 20.3 Å². The molecule has 11 heteroatoms. The third-order valence-corrected chi connectivity index (χ3v) is 4.92. The molecule has 0 aliphatic carbocycles. The zero-order valence-corrected chi connectivity index (χ0v) is 17.6. The summed E-state index contributed by atoms with van der Waals surface area (Å²) in [5.74, 6) is -0.554. The zero-order valence-electron chi connectivity index (χ0n) is 17.6. The Morgan fingerprint density at radius 1 is 1.06 bits per heavy atom. The third-order valence-electron chi connectivity index (χ3n) is 4.92. The third kappa shape index (κ3) is 4.82. The van der Waals surface area contributed by atoms with Gasteiger partial charge < -0.3 is 5.32 Å². The highest BCUT2D eigenvalue weighted by Gasteiger charge is 2.30. The molecule has 0 bridgehead atoms. The van der Waals surface area contributed by atoms with Gasteiger partial charge >= 0.3 is 6.18 Å². The first-order chi connectivity index (χ1) is 16.1. The SMILES string of the molecule is CC(=O)c1cccc(NC(=O)Cn2cnc3nc(-c4ccc(C(F)(F)F)cc4)ncc3c2=O)c1. The van der Waals surface area contributed by atoms with E-state index in [1.54, 1.807) is 18.2 Å². The maximum Gasteiger partial charge on any atom is 0.416 e. The van der Waals surface area contributed by atoms with E-state index in [1.807, 2.05) is 0 Å². The molecule has 34 heavy (non-hydrogen) atoms. The van der Waals surface area contributed by atoms with Gasteiger partial charge in [0.1, 0.15) is 18.3 Å². The van der Waals surface area contributed by atoms with Gasteiger partial charge in [0.25, 0.3) is 5.56 Å². The van der Waals surface area contributed by atoms with Gasteiger partial charge in [0.05, 0.1) is 5.56 Å². The number of hydrogen-bond donors (Lipinski definition) is 1. The quantitative estimate of drug-likeness (QED) is 0.449. The van der Waals surface area contributed by atoms with E-state index in [-0.39, 0.29) is 29.2 Å². The minimum absolute atomic E-state index is 0.0423. The van der Waals surface area contributed by atoms with Crippen LogP contribution < -0.4 is 10.9 Å². The molecule has 4 aromatic rings. The van der Waals surface area contributed by atoms with Gasteiger partial charge in [-0.05, 0) is 31.2 Å². The summed E-state index contributed by atoms with van der Waals surface area (Å²) < 4.78 is 39.3. The predicted octanol–water partition coefficient (Wildman–Crippen LogP) is 3.71. The lowest BCUT2D eigenvalue weighted by atomic mass is 10.1. The van der Waals surface area contributed by atoms with Crippen LogP contribution in [0.4, 0.5) is 18.9 Å². The van der Waals surface area contributed by atoms with Crippen molar-refractivity contribution in [2.75, 3.05) is 5.32 Å². The van der Waals surface area contributed by atoms with Crippen LogP contribution in [-0.2, 0) is 17.5 Å². The number of carbonyl (C=O) groups excluding carboxylic acids is 2. The number of hydrogen-bond acceptors (Lipinski definition) is 6. The van der Waals surface area contributed by atoms with Crippen molar-refractivity contribution in [2.24, 2.45) is 0 Å². The van der Waals surface area contributed by atoms with Crippen molar-refractivity contribution < 1.29 is 22.8 Å². The first kappa shape index (κ1) is 22.8. The van der Waals surface area contributed by atoms with Gasteiger partial charge in [-0.2, -0.15) is 13.2 Å². The number of rotatable bonds is 5. The Morgan fingerprint density at radius 2 is 1.79 bits per heavy atom. The van der Waals surface area contributed by atoms with Crippen LogP contribution in [0.25, 0.3) is 22.4 Å². The highest BCUT2D eigenvalue weighted by atomic mass is 19.4. The van der Waals surface area contributed by atoms with Crippen LogP contribution in [0.15, 0.2) is 65.8 Å². The summed E-state index contributed by atoms with van der Waals surface area (Å²) in [6.07, 6.45) is -2.09. The Kier molecular flexibility index (Phi) is 5.93. The summed E-state index contributed by atoms with van der Waals surface area (Å²) in [6, 6.07) is 10.7. The lowest BCUT2D eigenvalue weighted by Gasteiger charge is -2.09. The molecule has 2 heterocycles. The van der Waals surface area contributed by atoms with Crippen LogP contribution in [-0.4, -0.2) is 31.2 Å². The molecule has 0 aliphatic rings. The maximum atomic E-state index is 12.8. The molecule has 0 saturated carbocycles. The zero-order chi connectivity index (χ0) is 24.5. The largest absolute Gasteiger partial charge is 0.416 e. The molecule has 2 aromatic heterocycles. The Labute approximate surface area is 190 Å². The van der Waals surface area contributed by atoms with Crippen molar-refractivity contribution >= 4 is 28.4 Å². The summed E-state index contributed by atoms with van der Waals surface area (Å²) in [7, 11) is 0. The van der Waals surface area contributed by atoms with Crippen molar-refractivity contribution in [3.8, 4) is 11.4 Å².